The molecule has 3 aromatic rings. The molecule has 1 aliphatic heterocycles. The maximum Gasteiger partial charge on any atom is 0.492 e. The number of carbonyl (C=O) groups excluding carboxylic acids is 1. The van der Waals surface area contributed by atoms with Gasteiger partial charge in [0.15, 0.2) is 0 Å². The summed E-state index contributed by atoms with van der Waals surface area (Å²) in [6.07, 6.45) is 0.719. The van der Waals surface area contributed by atoms with Crippen molar-refractivity contribution in [3.63, 3.8) is 0 Å². The average Bonchev–Trinajstić information content (AvgIpc) is 3.33. The van der Waals surface area contributed by atoms with Crippen LogP contribution in [0.4, 0.5) is 13.6 Å². The second-order valence-electron chi connectivity index (χ2n) is 11.2. The predicted molar refractivity (Wildman–Crippen MR) is 150 cm³/mol. The van der Waals surface area contributed by atoms with Gasteiger partial charge in [0.2, 0.25) is 0 Å². The summed E-state index contributed by atoms with van der Waals surface area (Å²) >= 11 is 0. The van der Waals surface area contributed by atoms with Gasteiger partial charge in [0.25, 0.3) is 0 Å². The number of alkyl carbamates (subject to hydrolysis) is 1. The number of carboxylic acids is 1. The van der Waals surface area contributed by atoms with E-state index in [1.54, 1.807) is 0 Å². The number of hydrogen-bond donors (Lipinski definition) is 2. The van der Waals surface area contributed by atoms with E-state index in [0.717, 1.165) is 34.4 Å². The molecule has 2 aliphatic rings. The van der Waals surface area contributed by atoms with E-state index in [1.165, 1.54) is 6.08 Å². The third-order valence-corrected chi connectivity index (χ3v) is 7.97. The maximum absolute atomic E-state index is 14.4. The van der Waals surface area contributed by atoms with E-state index in [-0.39, 0.29) is 24.6 Å². The Labute approximate surface area is 237 Å². The van der Waals surface area contributed by atoms with Crippen molar-refractivity contribution in [1.29, 1.82) is 0 Å². The van der Waals surface area contributed by atoms with Crippen molar-refractivity contribution < 1.29 is 37.5 Å². The zero-order valence-electron chi connectivity index (χ0n) is 23.2. The number of fused-ring (bicyclic) bond motifs is 3. The number of nitrogens with one attached hydrogen (secondary N) is 1. The fourth-order valence-electron chi connectivity index (χ4n) is 5.11. The topological polar surface area (TPSA) is 94.1 Å². The second kappa shape index (κ2) is 10.8. The van der Waals surface area contributed by atoms with Crippen LogP contribution in [0.3, 0.4) is 0 Å². The van der Waals surface area contributed by atoms with Crippen LogP contribution in [0.5, 0.6) is 0 Å². The van der Waals surface area contributed by atoms with Crippen LogP contribution in [0, 0.1) is 11.6 Å². The lowest BCUT2D eigenvalue weighted by Crippen LogP contribution is -2.41. The molecular formula is C31H30BF2NO6. The lowest BCUT2D eigenvalue weighted by Gasteiger charge is -2.32. The molecule has 0 bridgehead atoms. The van der Waals surface area contributed by atoms with Crippen LogP contribution < -0.4 is 5.32 Å². The van der Waals surface area contributed by atoms with Gasteiger partial charge >= 0.3 is 19.2 Å². The van der Waals surface area contributed by atoms with Gasteiger partial charge in [-0.25, -0.2) is 18.4 Å². The number of carboxylic acid groups (broad SMARTS) is 1. The normalized spacial score (nSPS) is 17.2. The van der Waals surface area contributed by atoms with Crippen molar-refractivity contribution in [2.75, 3.05) is 13.2 Å². The molecule has 0 spiro atoms. The van der Waals surface area contributed by atoms with Gasteiger partial charge in [-0.2, -0.15) is 0 Å². The summed E-state index contributed by atoms with van der Waals surface area (Å²) in [7, 11) is -0.945. The van der Waals surface area contributed by atoms with Gasteiger partial charge in [-0.3, -0.25) is 0 Å². The van der Waals surface area contributed by atoms with E-state index in [0.29, 0.717) is 5.47 Å². The average molecular weight is 561 g/mol. The van der Waals surface area contributed by atoms with Gasteiger partial charge in [-0.05, 0) is 73.1 Å². The van der Waals surface area contributed by atoms with Crippen molar-refractivity contribution in [2.24, 2.45) is 0 Å². The summed E-state index contributed by atoms with van der Waals surface area (Å²) in [5.41, 5.74) is 2.29. The standard InChI is InChI=1S/C31H30BF2NO6/c1-30(2)31(3,4)41-32(40-30)19(13-18-14-25(33)27(28(36)37)26(34)15-18)16-35-29(38)39-17-24-22-11-7-5-9-20(22)21-10-6-8-12-23(21)24/h5-15,24H,16-17H2,1-4H3,(H,35,38)(H,36,37). The van der Waals surface area contributed by atoms with Crippen molar-refractivity contribution in [3.05, 3.63) is 100 Å². The van der Waals surface area contributed by atoms with Gasteiger partial charge in [0.05, 0.1) is 11.2 Å². The molecule has 1 saturated heterocycles. The molecule has 212 valence electrons. The first-order valence-corrected chi connectivity index (χ1v) is 13.3. The number of amides is 1. The fraction of sp³-hybridized carbons (Fsp3) is 0.290. The van der Waals surface area contributed by atoms with Gasteiger partial charge in [-0.15, -0.1) is 0 Å². The molecule has 7 nitrogen and oxygen atoms in total. The van der Waals surface area contributed by atoms with Gasteiger partial charge in [-0.1, -0.05) is 54.6 Å². The minimum absolute atomic E-state index is 0.0454. The van der Waals surface area contributed by atoms with Crippen molar-refractivity contribution in [1.82, 2.24) is 5.32 Å². The molecule has 2 N–H and O–H groups in total. The summed E-state index contributed by atoms with van der Waals surface area (Å²) in [6, 6.07) is 17.8. The SMILES string of the molecule is CC1(C)OB(C(=Cc2cc(F)c(C(=O)O)c(F)c2)CNC(=O)OCC2c3ccccc3-c3ccccc32)OC1(C)C. The Morgan fingerprint density at radius 2 is 1.46 bits per heavy atom. The van der Waals surface area contributed by atoms with E-state index < -0.39 is 47.6 Å². The lowest BCUT2D eigenvalue weighted by molar-refractivity contribution is 0.00578. The fourth-order valence-corrected chi connectivity index (χ4v) is 5.11. The van der Waals surface area contributed by atoms with E-state index in [9.17, 15) is 18.4 Å². The van der Waals surface area contributed by atoms with Crippen LogP contribution >= 0.6 is 0 Å². The first kappa shape index (κ1) is 28.5. The minimum Gasteiger partial charge on any atom is -0.477 e. The number of aromatic carboxylic acids is 1. The lowest BCUT2D eigenvalue weighted by atomic mass is 9.77. The molecule has 1 amide bonds. The highest BCUT2D eigenvalue weighted by molar-refractivity contribution is 6.56. The quantitative estimate of drug-likeness (QED) is 0.333. The summed E-state index contributed by atoms with van der Waals surface area (Å²) < 4.78 is 46.7. The molecule has 0 atom stereocenters. The monoisotopic (exact) mass is 561 g/mol. The molecule has 5 rings (SSSR count). The molecule has 3 aromatic carbocycles. The van der Waals surface area contributed by atoms with E-state index in [1.807, 2.05) is 76.2 Å². The van der Waals surface area contributed by atoms with Crippen molar-refractivity contribution >= 4 is 25.3 Å². The zero-order chi connectivity index (χ0) is 29.5. The molecule has 0 radical (unpaired) electrons. The van der Waals surface area contributed by atoms with Crippen molar-refractivity contribution in [3.8, 4) is 11.1 Å². The largest absolute Gasteiger partial charge is 0.492 e. The third kappa shape index (κ3) is 5.49. The van der Waals surface area contributed by atoms with Crippen LogP contribution in [0.15, 0.2) is 66.1 Å². The smallest absolute Gasteiger partial charge is 0.477 e. The van der Waals surface area contributed by atoms with Gasteiger partial charge < -0.3 is 24.5 Å². The first-order valence-electron chi connectivity index (χ1n) is 13.3. The predicted octanol–water partition coefficient (Wildman–Crippen LogP) is 6.22. The molecule has 10 heteroatoms. The van der Waals surface area contributed by atoms with Crippen LogP contribution in [-0.4, -0.2) is 48.6 Å². The Hall–Kier alpha value is -4.02. The second-order valence-corrected chi connectivity index (χ2v) is 11.2. The summed E-state index contributed by atoms with van der Waals surface area (Å²) in [6.45, 7) is 7.41. The summed E-state index contributed by atoms with van der Waals surface area (Å²) in [4.78, 5) is 24.1. The number of halogens is 2. The molecular weight excluding hydrogens is 531 g/mol. The molecule has 1 aliphatic carbocycles. The van der Waals surface area contributed by atoms with Crippen LogP contribution in [0.2, 0.25) is 0 Å². The molecule has 0 aromatic heterocycles. The summed E-state index contributed by atoms with van der Waals surface area (Å²) in [5, 5.41) is 11.8. The van der Waals surface area contributed by atoms with Crippen LogP contribution in [0.1, 0.15) is 60.7 Å². The van der Waals surface area contributed by atoms with Crippen LogP contribution in [0.25, 0.3) is 17.2 Å². The third-order valence-electron chi connectivity index (χ3n) is 7.97. The molecule has 1 heterocycles. The Morgan fingerprint density at radius 3 is 1.98 bits per heavy atom. The molecule has 1 fully saturated rings. The molecule has 41 heavy (non-hydrogen) atoms. The van der Waals surface area contributed by atoms with Gasteiger partial charge in [0.1, 0.15) is 23.8 Å². The molecule has 0 unspecified atom stereocenters. The van der Waals surface area contributed by atoms with Crippen molar-refractivity contribution in [2.45, 2.75) is 44.8 Å². The van der Waals surface area contributed by atoms with E-state index >= 15 is 0 Å². The highest BCUT2D eigenvalue weighted by atomic mass is 19.1. The first-order chi connectivity index (χ1) is 19.4. The minimum atomic E-state index is -1.71. The zero-order valence-corrected chi connectivity index (χ0v) is 23.2. The number of carbonyl (C=O) groups is 2. The molecule has 0 saturated carbocycles. The number of ether oxygens (including phenoxy) is 1. The van der Waals surface area contributed by atoms with E-state index in [2.05, 4.69) is 5.32 Å². The highest BCUT2D eigenvalue weighted by Gasteiger charge is 2.52. The number of benzene rings is 3. The Bertz CT molecular complexity index is 1470. The van der Waals surface area contributed by atoms with Gasteiger partial charge in [0, 0.05) is 12.5 Å². The van der Waals surface area contributed by atoms with E-state index in [4.69, 9.17) is 19.2 Å². The van der Waals surface area contributed by atoms with Crippen LogP contribution in [-0.2, 0) is 14.0 Å². The number of hydrogen-bond acceptors (Lipinski definition) is 5. The highest BCUT2D eigenvalue weighted by Crippen LogP contribution is 2.44. The number of rotatable bonds is 7. The Kier molecular flexibility index (Phi) is 7.48. The summed E-state index contributed by atoms with van der Waals surface area (Å²) in [5.74, 6) is -4.27. The maximum atomic E-state index is 14.4. The Balaban J connectivity index is 1.34. The Morgan fingerprint density at radius 1 is 0.951 bits per heavy atom.